The molecule has 0 unspecified atom stereocenters. The first-order valence-corrected chi connectivity index (χ1v) is 10.5. The van der Waals surface area contributed by atoms with Gasteiger partial charge in [-0.2, -0.15) is 0 Å². The van der Waals surface area contributed by atoms with Gasteiger partial charge in [0.25, 0.3) is 5.91 Å². The maximum Gasteiger partial charge on any atom is 0.331 e. The van der Waals surface area contributed by atoms with Crippen molar-refractivity contribution < 1.29 is 33.3 Å². The summed E-state index contributed by atoms with van der Waals surface area (Å²) in [7, 11) is 0. The third kappa shape index (κ3) is 6.66. The molecule has 0 bridgehead atoms. The van der Waals surface area contributed by atoms with Crippen LogP contribution in [0.1, 0.15) is 25.8 Å². The van der Waals surface area contributed by atoms with Gasteiger partial charge in [-0.1, -0.05) is 13.0 Å². The van der Waals surface area contributed by atoms with Crippen molar-refractivity contribution in [1.82, 2.24) is 0 Å². The molecule has 0 saturated carbocycles. The quantitative estimate of drug-likeness (QED) is 0.442. The Morgan fingerprint density at radius 2 is 1.81 bits per heavy atom. The lowest BCUT2D eigenvalue weighted by atomic mass is 10.2. The first kappa shape index (κ1) is 23.0. The van der Waals surface area contributed by atoms with Crippen LogP contribution in [-0.4, -0.2) is 44.9 Å². The third-order valence-corrected chi connectivity index (χ3v) is 4.31. The molecular weight excluding hydrogens is 414 g/mol. The molecule has 32 heavy (non-hydrogen) atoms. The van der Waals surface area contributed by atoms with Crippen molar-refractivity contribution in [2.24, 2.45) is 0 Å². The molecule has 8 heteroatoms. The first-order chi connectivity index (χ1) is 15.6. The minimum atomic E-state index is -0.633. The number of anilines is 1. The molecule has 0 saturated heterocycles. The number of carbonyl (C=O) groups is 2. The monoisotopic (exact) mass is 441 g/mol. The van der Waals surface area contributed by atoms with Gasteiger partial charge in [-0.15, -0.1) is 0 Å². The Bertz CT molecular complexity index is 971. The molecule has 3 rings (SSSR count). The Morgan fingerprint density at radius 3 is 2.59 bits per heavy atom. The minimum Gasteiger partial charge on any atom is -0.490 e. The lowest BCUT2D eigenvalue weighted by Crippen LogP contribution is -2.20. The maximum atomic E-state index is 12.1. The summed E-state index contributed by atoms with van der Waals surface area (Å²) in [6, 6.07) is 10.5. The number of ether oxygens (including phenoxy) is 5. The van der Waals surface area contributed by atoms with E-state index in [1.54, 1.807) is 36.4 Å². The smallest absolute Gasteiger partial charge is 0.331 e. The molecule has 1 aliphatic rings. The zero-order valence-corrected chi connectivity index (χ0v) is 18.2. The summed E-state index contributed by atoms with van der Waals surface area (Å²) in [5, 5.41) is 2.66. The summed E-state index contributed by atoms with van der Waals surface area (Å²) in [5.41, 5.74) is 1.27. The summed E-state index contributed by atoms with van der Waals surface area (Å²) in [6.45, 7) is 5.54. The van der Waals surface area contributed by atoms with Crippen LogP contribution in [0, 0.1) is 0 Å². The van der Waals surface area contributed by atoms with Gasteiger partial charge in [0, 0.05) is 17.8 Å². The van der Waals surface area contributed by atoms with Crippen LogP contribution in [0.3, 0.4) is 0 Å². The van der Waals surface area contributed by atoms with Gasteiger partial charge in [0.2, 0.25) is 0 Å². The molecule has 0 aliphatic carbocycles. The van der Waals surface area contributed by atoms with Crippen molar-refractivity contribution in [2.45, 2.75) is 20.3 Å². The van der Waals surface area contributed by atoms with Crippen LogP contribution in [0.4, 0.5) is 5.69 Å². The van der Waals surface area contributed by atoms with Crippen molar-refractivity contribution >= 4 is 23.6 Å². The van der Waals surface area contributed by atoms with E-state index in [1.165, 1.54) is 6.08 Å². The van der Waals surface area contributed by atoms with E-state index >= 15 is 0 Å². The largest absolute Gasteiger partial charge is 0.490 e. The fourth-order valence-electron chi connectivity index (χ4n) is 2.90. The Kier molecular flexibility index (Phi) is 8.36. The summed E-state index contributed by atoms with van der Waals surface area (Å²) in [5.74, 6) is 1.36. The molecule has 1 N–H and O–H groups in total. The van der Waals surface area contributed by atoms with E-state index in [1.807, 2.05) is 19.9 Å². The number of nitrogens with one attached hydrogen (secondary N) is 1. The van der Waals surface area contributed by atoms with Gasteiger partial charge in [0.15, 0.2) is 29.6 Å². The Labute approximate surface area is 187 Å². The van der Waals surface area contributed by atoms with Crippen molar-refractivity contribution in [3.63, 3.8) is 0 Å². The molecule has 2 aromatic rings. The number of benzene rings is 2. The van der Waals surface area contributed by atoms with Gasteiger partial charge in [-0.25, -0.2) is 4.79 Å². The number of carbonyl (C=O) groups excluding carboxylic acids is 2. The SMILES string of the molecule is CCCOc1ccc(/C=C/C(=O)OCC(=O)Nc2ccc3c(c2)OCCO3)cc1OCC. The second-order valence-corrected chi connectivity index (χ2v) is 6.84. The van der Waals surface area contributed by atoms with E-state index < -0.39 is 18.5 Å². The van der Waals surface area contributed by atoms with Crippen molar-refractivity contribution in [1.29, 1.82) is 0 Å². The number of amides is 1. The summed E-state index contributed by atoms with van der Waals surface area (Å²) < 4.78 is 27.2. The molecule has 1 aliphatic heterocycles. The van der Waals surface area contributed by atoms with E-state index in [2.05, 4.69) is 5.32 Å². The topological polar surface area (TPSA) is 92.3 Å². The van der Waals surface area contributed by atoms with Gasteiger partial charge in [-0.05, 0) is 49.2 Å². The number of rotatable bonds is 10. The van der Waals surface area contributed by atoms with Crippen molar-refractivity contribution in [2.75, 3.05) is 38.4 Å². The zero-order chi connectivity index (χ0) is 22.8. The van der Waals surface area contributed by atoms with Crippen LogP contribution < -0.4 is 24.3 Å². The van der Waals surface area contributed by atoms with E-state index in [9.17, 15) is 9.59 Å². The highest BCUT2D eigenvalue weighted by Crippen LogP contribution is 2.32. The van der Waals surface area contributed by atoms with E-state index in [0.717, 1.165) is 12.0 Å². The lowest BCUT2D eigenvalue weighted by molar-refractivity contribution is -0.142. The van der Waals surface area contributed by atoms with E-state index in [0.29, 0.717) is 55.1 Å². The second kappa shape index (κ2) is 11.6. The molecule has 2 aromatic carbocycles. The molecule has 8 nitrogen and oxygen atoms in total. The van der Waals surface area contributed by atoms with Gasteiger partial charge < -0.3 is 29.0 Å². The molecule has 0 spiro atoms. The van der Waals surface area contributed by atoms with Crippen LogP contribution in [-0.2, 0) is 14.3 Å². The summed E-state index contributed by atoms with van der Waals surface area (Å²) >= 11 is 0. The van der Waals surface area contributed by atoms with Gasteiger partial charge in [0.1, 0.15) is 13.2 Å². The average molecular weight is 441 g/mol. The molecular formula is C24H27NO7. The molecule has 0 aromatic heterocycles. The Balaban J connectivity index is 1.50. The predicted molar refractivity (Wildman–Crippen MR) is 119 cm³/mol. The summed E-state index contributed by atoms with van der Waals surface area (Å²) in [6.07, 6.45) is 3.74. The van der Waals surface area contributed by atoms with E-state index in [-0.39, 0.29) is 0 Å². The number of esters is 1. The van der Waals surface area contributed by atoms with Crippen molar-refractivity contribution in [3.05, 3.63) is 48.0 Å². The first-order valence-electron chi connectivity index (χ1n) is 10.5. The van der Waals surface area contributed by atoms with E-state index in [4.69, 9.17) is 23.7 Å². The van der Waals surface area contributed by atoms with Crippen LogP contribution in [0.5, 0.6) is 23.0 Å². The second-order valence-electron chi connectivity index (χ2n) is 6.84. The van der Waals surface area contributed by atoms with Gasteiger partial charge in [-0.3, -0.25) is 4.79 Å². The highest BCUT2D eigenvalue weighted by Gasteiger charge is 2.13. The van der Waals surface area contributed by atoms with Crippen LogP contribution in [0.2, 0.25) is 0 Å². The Hall–Kier alpha value is -3.68. The fourth-order valence-corrected chi connectivity index (χ4v) is 2.90. The number of hydrogen-bond acceptors (Lipinski definition) is 7. The van der Waals surface area contributed by atoms with Gasteiger partial charge >= 0.3 is 5.97 Å². The average Bonchev–Trinajstić information content (AvgIpc) is 2.81. The van der Waals surface area contributed by atoms with Crippen LogP contribution >= 0.6 is 0 Å². The number of fused-ring (bicyclic) bond motifs is 1. The fraction of sp³-hybridized carbons (Fsp3) is 0.333. The third-order valence-electron chi connectivity index (χ3n) is 4.31. The Morgan fingerprint density at radius 1 is 1.00 bits per heavy atom. The van der Waals surface area contributed by atoms with Crippen LogP contribution in [0.25, 0.3) is 6.08 Å². The molecule has 0 radical (unpaired) electrons. The lowest BCUT2D eigenvalue weighted by Gasteiger charge is -2.18. The standard InChI is InChI=1S/C24H27NO7/c1-3-11-29-19-8-5-17(14-21(19)28-4-2)6-10-24(27)32-16-23(26)25-18-7-9-20-22(15-18)31-13-12-30-20/h5-10,14-15H,3-4,11-13,16H2,1-2H3,(H,25,26)/b10-6+. The van der Waals surface area contributed by atoms with Crippen LogP contribution in [0.15, 0.2) is 42.5 Å². The molecule has 0 fully saturated rings. The predicted octanol–water partition coefficient (Wildman–Crippen LogP) is 3.84. The minimum absolute atomic E-state index is 0.411. The van der Waals surface area contributed by atoms with Crippen molar-refractivity contribution in [3.8, 4) is 23.0 Å². The maximum absolute atomic E-state index is 12.1. The number of hydrogen-bond donors (Lipinski definition) is 1. The zero-order valence-electron chi connectivity index (χ0n) is 18.2. The highest BCUT2D eigenvalue weighted by molar-refractivity contribution is 5.94. The summed E-state index contributed by atoms with van der Waals surface area (Å²) in [4.78, 5) is 24.1. The normalized spacial score (nSPS) is 12.3. The van der Waals surface area contributed by atoms with Gasteiger partial charge in [0.05, 0.1) is 13.2 Å². The molecule has 1 amide bonds. The highest BCUT2D eigenvalue weighted by atomic mass is 16.6. The molecule has 0 atom stereocenters. The molecule has 1 heterocycles. The molecule has 170 valence electrons.